The number of esters is 2. The summed E-state index contributed by atoms with van der Waals surface area (Å²) in [5, 5.41) is 0. The summed E-state index contributed by atoms with van der Waals surface area (Å²) < 4.78 is 39.6. The predicted octanol–water partition coefficient (Wildman–Crippen LogP) is 6.09. The molecule has 0 aliphatic rings. The van der Waals surface area contributed by atoms with E-state index in [2.05, 4.69) is 4.74 Å². The Morgan fingerprint density at radius 1 is 0.800 bits per heavy atom. The molecule has 9 nitrogen and oxygen atoms in total. The van der Waals surface area contributed by atoms with Gasteiger partial charge < -0.3 is 32.2 Å². The van der Waals surface area contributed by atoms with Crippen LogP contribution in [0.1, 0.15) is 62.9 Å². The third-order valence-electron chi connectivity index (χ3n) is 5.57. The Kier molecular flexibility index (Phi) is 15.0. The summed E-state index contributed by atoms with van der Waals surface area (Å²) in [4.78, 5) is 24.2. The van der Waals surface area contributed by atoms with Crippen LogP contribution in [0, 0.1) is 0 Å². The van der Waals surface area contributed by atoms with Crippen molar-refractivity contribution in [2.75, 3.05) is 40.1 Å². The van der Waals surface area contributed by atoms with Crippen LogP contribution in [-0.4, -0.2) is 60.9 Å². The van der Waals surface area contributed by atoms with Crippen molar-refractivity contribution in [1.29, 1.82) is 0 Å². The quantitative estimate of drug-likeness (QED) is 0.0649. The molecule has 0 atom stereocenters. The second-order valence-electron chi connectivity index (χ2n) is 8.61. The fourth-order valence-electron chi connectivity index (χ4n) is 3.75. The molecule has 0 bridgehead atoms. The van der Waals surface area contributed by atoms with Crippen molar-refractivity contribution in [3.05, 3.63) is 59.7 Å². The highest BCUT2D eigenvalue weighted by Gasteiger charge is 2.39. The first-order valence-corrected chi connectivity index (χ1v) is 15.7. The molecule has 2 rings (SSSR count). The first kappa shape index (κ1) is 33.0. The number of rotatable bonds is 19. The summed E-state index contributed by atoms with van der Waals surface area (Å²) >= 11 is 0. The molecule has 0 spiro atoms. The van der Waals surface area contributed by atoms with Gasteiger partial charge in [-0.15, -0.1) is 0 Å². The minimum Gasteiger partial charge on any atom is -0.494 e. The Labute approximate surface area is 238 Å². The molecule has 40 heavy (non-hydrogen) atoms. The number of ether oxygens (including phenoxy) is 4. The zero-order valence-corrected chi connectivity index (χ0v) is 25.2. The van der Waals surface area contributed by atoms with Gasteiger partial charge in [-0.25, -0.2) is 9.59 Å². The summed E-state index contributed by atoms with van der Waals surface area (Å²) in [7, 11) is -1.33. The van der Waals surface area contributed by atoms with E-state index >= 15 is 0 Å². The van der Waals surface area contributed by atoms with Crippen LogP contribution in [-0.2, 0) is 22.8 Å². The van der Waals surface area contributed by atoms with Crippen LogP contribution in [0.25, 0.3) is 6.08 Å². The van der Waals surface area contributed by atoms with E-state index in [0.717, 1.165) is 25.3 Å². The lowest BCUT2D eigenvalue weighted by atomic mass is 10.2. The second kappa shape index (κ2) is 18.2. The van der Waals surface area contributed by atoms with Crippen molar-refractivity contribution in [1.82, 2.24) is 0 Å². The predicted molar refractivity (Wildman–Crippen MR) is 155 cm³/mol. The molecule has 0 aromatic heterocycles. The number of hydrogen-bond acceptors (Lipinski definition) is 9. The van der Waals surface area contributed by atoms with Crippen molar-refractivity contribution in [2.45, 2.75) is 53.0 Å². The van der Waals surface area contributed by atoms with Gasteiger partial charge in [-0.3, -0.25) is 0 Å². The molecule has 2 aromatic rings. The van der Waals surface area contributed by atoms with Gasteiger partial charge in [0, 0.05) is 31.9 Å². The van der Waals surface area contributed by atoms with Crippen molar-refractivity contribution in [3.63, 3.8) is 0 Å². The monoisotopic (exact) mass is 574 g/mol. The largest absolute Gasteiger partial charge is 0.500 e. The number of carbonyl (C=O) groups excluding carboxylic acids is 2. The van der Waals surface area contributed by atoms with Gasteiger partial charge in [0.05, 0.1) is 25.9 Å². The first-order valence-electron chi connectivity index (χ1n) is 13.8. The first-order chi connectivity index (χ1) is 19.4. The minimum absolute atomic E-state index is 0.291. The van der Waals surface area contributed by atoms with Gasteiger partial charge in [0.2, 0.25) is 0 Å². The maximum Gasteiger partial charge on any atom is 0.500 e. The molecule has 0 amide bonds. The van der Waals surface area contributed by atoms with Crippen LogP contribution in [0.15, 0.2) is 48.5 Å². The Hall–Kier alpha value is -3.18. The molecule has 0 aliphatic carbocycles. The van der Waals surface area contributed by atoms with E-state index < -0.39 is 20.7 Å². The fraction of sp³-hybridized carbons (Fsp3) is 0.467. The van der Waals surface area contributed by atoms with Crippen molar-refractivity contribution >= 4 is 26.8 Å². The molecule has 220 valence electrons. The van der Waals surface area contributed by atoms with Crippen LogP contribution in [0.3, 0.4) is 0 Å². The van der Waals surface area contributed by atoms with Crippen LogP contribution in [0.4, 0.5) is 0 Å². The SMILES string of the molecule is CCCOc1cc(C=CC(=O)OC)ccc1OC(=O)c1ccc(OCCCC[Si](OCC)(OCC)OCC)cc1. The average Bonchev–Trinajstić information content (AvgIpc) is 2.96. The zero-order valence-electron chi connectivity index (χ0n) is 24.2. The highest BCUT2D eigenvalue weighted by molar-refractivity contribution is 6.60. The molecule has 0 aliphatic heterocycles. The van der Waals surface area contributed by atoms with Gasteiger partial charge in [-0.1, -0.05) is 13.0 Å². The number of unbranched alkanes of at least 4 members (excludes halogenated alkanes) is 1. The maximum atomic E-state index is 12.8. The van der Waals surface area contributed by atoms with Crippen LogP contribution < -0.4 is 14.2 Å². The standard InChI is InChI=1S/C30H42O9Si/c1-6-20-35-28-23-24(13-19-29(31)33-5)12-18-27(28)39-30(32)25-14-16-26(17-15-25)34-21-10-11-22-40(36-7-2,37-8-3)38-9-4/h12-19,23H,6-11,20-22H2,1-5H3. The third-order valence-corrected chi connectivity index (χ3v) is 8.73. The summed E-state index contributed by atoms with van der Waals surface area (Å²) in [6.45, 7) is 10.5. The Morgan fingerprint density at radius 3 is 2.08 bits per heavy atom. The second-order valence-corrected chi connectivity index (χ2v) is 11.3. The highest BCUT2D eigenvalue weighted by Crippen LogP contribution is 2.30. The molecule has 0 radical (unpaired) electrons. The minimum atomic E-state index is -2.64. The van der Waals surface area contributed by atoms with E-state index in [1.165, 1.54) is 13.2 Å². The van der Waals surface area contributed by atoms with Crippen molar-refractivity contribution in [3.8, 4) is 17.2 Å². The molecule has 0 unspecified atom stereocenters. The van der Waals surface area contributed by atoms with E-state index in [-0.39, 0.29) is 0 Å². The maximum absolute atomic E-state index is 12.8. The number of benzene rings is 2. The van der Waals surface area contributed by atoms with E-state index in [0.29, 0.717) is 61.4 Å². The van der Waals surface area contributed by atoms with Gasteiger partial charge in [0.25, 0.3) is 0 Å². The number of methoxy groups -OCH3 is 1. The number of hydrogen-bond donors (Lipinski definition) is 0. The topological polar surface area (TPSA) is 98.8 Å². The molecule has 0 saturated carbocycles. The van der Waals surface area contributed by atoms with E-state index in [9.17, 15) is 9.59 Å². The summed E-state index contributed by atoms with van der Waals surface area (Å²) in [5.41, 5.74) is 1.09. The van der Waals surface area contributed by atoms with Crippen molar-refractivity contribution < 1.29 is 41.8 Å². The molecule has 0 saturated heterocycles. The molecule has 0 heterocycles. The molecule has 0 fully saturated rings. The molecule has 2 aromatic carbocycles. The van der Waals surface area contributed by atoms with Gasteiger partial charge in [-0.2, -0.15) is 0 Å². The van der Waals surface area contributed by atoms with Crippen molar-refractivity contribution in [2.24, 2.45) is 0 Å². The van der Waals surface area contributed by atoms with Crippen LogP contribution >= 0.6 is 0 Å². The average molecular weight is 575 g/mol. The van der Waals surface area contributed by atoms with Crippen LogP contribution in [0.2, 0.25) is 6.04 Å². The highest BCUT2D eigenvalue weighted by atomic mass is 28.4. The third kappa shape index (κ3) is 11.1. The lowest BCUT2D eigenvalue weighted by molar-refractivity contribution is -0.134. The van der Waals surface area contributed by atoms with Gasteiger partial charge in [0.15, 0.2) is 11.5 Å². The summed E-state index contributed by atoms with van der Waals surface area (Å²) in [6.07, 6.45) is 5.37. The number of carbonyl (C=O) groups is 2. The molecular weight excluding hydrogens is 532 g/mol. The fourth-order valence-corrected chi connectivity index (χ4v) is 6.44. The zero-order chi connectivity index (χ0) is 29.2. The van der Waals surface area contributed by atoms with Gasteiger partial charge in [-0.05, 0) is 88.1 Å². The van der Waals surface area contributed by atoms with Gasteiger partial charge >= 0.3 is 20.7 Å². The van der Waals surface area contributed by atoms with E-state index in [1.807, 2.05) is 27.7 Å². The van der Waals surface area contributed by atoms with E-state index in [4.69, 9.17) is 27.5 Å². The Morgan fingerprint density at radius 2 is 1.48 bits per heavy atom. The normalized spacial score (nSPS) is 11.4. The van der Waals surface area contributed by atoms with Crippen LogP contribution in [0.5, 0.6) is 17.2 Å². The Bertz CT molecular complexity index is 1050. The molecular formula is C30H42O9Si. The van der Waals surface area contributed by atoms with Gasteiger partial charge in [0.1, 0.15) is 5.75 Å². The summed E-state index contributed by atoms with van der Waals surface area (Å²) in [5.74, 6) is 0.377. The lowest BCUT2D eigenvalue weighted by Crippen LogP contribution is -2.45. The molecule has 10 heteroatoms. The Balaban J connectivity index is 1.93. The molecule has 0 N–H and O–H groups in total. The summed E-state index contributed by atoms with van der Waals surface area (Å²) in [6, 6.07) is 12.6. The lowest BCUT2D eigenvalue weighted by Gasteiger charge is -2.28. The smallest absolute Gasteiger partial charge is 0.494 e. The van der Waals surface area contributed by atoms with E-state index in [1.54, 1.807) is 48.5 Å².